The summed E-state index contributed by atoms with van der Waals surface area (Å²) in [7, 11) is 3.15. The molecular weight excluding hydrogens is 423 g/mol. The number of rotatable bonds is 5. The van der Waals surface area contributed by atoms with Crippen LogP contribution in [0.15, 0.2) is 23.3 Å². The average Bonchev–Trinajstić information content (AvgIpc) is 2.96. The molecule has 1 heterocycles. The second kappa shape index (κ2) is 10.3. The quantitative estimate of drug-likeness (QED) is 0.410. The molecule has 132 valence electrons. The van der Waals surface area contributed by atoms with Gasteiger partial charge >= 0.3 is 0 Å². The first-order valence-corrected chi connectivity index (χ1v) is 9.46. The Kier molecular flexibility index (Phi) is 9.19. The maximum absolute atomic E-state index is 12.0. The van der Waals surface area contributed by atoms with Crippen LogP contribution in [0.5, 0.6) is 0 Å². The molecule has 0 amide bonds. The molecule has 3 atom stereocenters. The molecule has 1 aliphatic rings. The maximum Gasteiger partial charge on any atom is 0.191 e. The number of guanidine groups is 1. The molecule has 1 aromatic heterocycles. The first kappa shape index (κ1) is 20.5. The molecule has 1 fully saturated rings. The van der Waals surface area contributed by atoms with Gasteiger partial charge in [-0.3, -0.25) is 9.20 Å². The van der Waals surface area contributed by atoms with Gasteiger partial charge < -0.3 is 15.2 Å². The van der Waals surface area contributed by atoms with E-state index in [4.69, 9.17) is 0 Å². The van der Waals surface area contributed by atoms with Crippen molar-refractivity contribution in [2.45, 2.75) is 50.4 Å². The number of aryl methyl sites for hydroxylation is 1. The van der Waals surface area contributed by atoms with E-state index in [0.29, 0.717) is 11.3 Å². The second-order valence-corrected chi connectivity index (χ2v) is 7.84. The molecule has 0 aromatic carbocycles. The number of nitrogens with one attached hydrogen (secondary N) is 2. The number of nitrogens with zero attached hydrogens (tertiary/aromatic N) is 2. The normalized spacial score (nSPS) is 23.0. The van der Waals surface area contributed by atoms with Crippen molar-refractivity contribution < 1.29 is 4.21 Å². The van der Waals surface area contributed by atoms with Crippen LogP contribution < -0.4 is 10.6 Å². The molecule has 1 saturated carbocycles. The summed E-state index contributed by atoms with van der Waals surface area (Å²) in [6, 6.07) is 4.51. The molecule has 1 aliphatic carbocycles. The van der Waals surface area contributed by atoms with E-state index in [2.05, 4.69) is 26.3 Å². The molecule has 0 saturated heterocycles. The fraction of sp³-hybridized carbons (Fsp3) is 0.688. The zero-order valence-electron chi connectivity index (χ0n) is 14.2. The van der Waals surface area contributed by atoms with E-state index < -0.39 is 10.8 Å². The monoisotopic (exact) mass is 452 g/mol. The third kappa shape index (κ3) is 6.10. The Morgan fingerprint density at radius 2 is 2.26 bits per heavy atom. The molecule has 7 heteroatoms. The zero-order valence-corrected chi connectivity index (χ0v) is 17.4. The zero-order chi connectivity index (χ0) is 15.9. The van der Waals surface area contributed by atoms with Gasteiger partial charge in [0.25, 0.3) is 0 Å². The van der Waals surface area contributed by atoms with Gasteiger partial charge in [-0.1, -0.05) is 13.3 Å². The molecule has 0 bridgehead atoms. The second-order valence-electron chi connectivity index (χ2n) is 5.84. The van der Waals surface area contributed by atoms with E-state index in [1.807, 2.05) is 26.2 Å². The van der Waals surface area contributed by atoms with Gasteiger partial charge in [-0.25, -0.2) is 0 Å². The Bertz CT molecular complexity index is 532. The fourth-order valence-electron chi connectivity index (χ4n) is 2.99. The summed E-state index contributed by atoms with van der Waals surface area (Å²) in [6.07, 6.45) is 6.38. The van der Waals surface area contributed by atoms with Crippen molar-refractivity contribution in [3.05, 3.63) is 24.0 Å². The highest BCUT2D eigenvalue weighted by atomic mass is 127. The van der Waals surface area contributed by atoms with Crippen molar-refractivity contribution in [1.29, 1.82) is 0 Å². The van der Waals surface area contributed by atoms with Gasteiger partial charge in [-0.15, -0.1) is 24.0 Å². The number of aromatic nitrogens is 1. The molecule has 5 nitrogen and oxygen atoms in total. The average molecular weight is 452 g/mol. The predicted octanol–water partition coefficient (Wildman–Crippen LogP) is 2.39. The van der Waals surface area contributed by atoms with Crippen LogP contribution in [0.25, 0.3) is 0 Å². The SMILES string of the molecule is CCS(=O)C1CCCC(NC(=NC)NCc2cccn2C)C1.I. The molecule has 0 aliphatic heterocycles. The highest BCUT2D eigenvalue weighted by Crippen LogP contribution is 2.22. The molecule has 1 aromatic rings. The van der Waals surface area contributed by atoms with Gasteiger partial charge in [0, 0.05) is 53.8 Å². The van der Waals surface area contributed by atoms with Crippen LogP contribution in [0.1, 0.15) is 38.3 Å². The summed E-state index contributed by atoms with van der Waals surface area (Å²) in [5.41, 5.74) is 1.22. The lowest BCUT2D eigenvalue weighted by Gasteiger charge is -2.30. The Balaban J connectivity index is 0.00000264. The lowest BCUT2D eigenvalue weighted by molar-refractivity contribution is 0.413. The van der Waals surface area contributed by atoms with Gasteiger partial charge in [0.1, 0.15) is 0 Å². The van der Waals surface area contributed by atoms with E-state index in [9.17, 15) is 4.21 Å². The summed E-state index contributed by atoms with van der Waals surface area (Å²) in [6.45, 7) is 2.76. The minimum Gasteiger partial charge on any atom is -0.354 e. The van der Waals surface area contributed by atoms with E-state index in [-0.39, 0.29) is 24.0 Å². The molecular formula is C16H29IN4OS. The van der Waals surface area contributed by atoms with Crippen LogP contribution in [0.2, 0.25) is 0 Å². The van der Waals surface area contributed by atoms with Crippen molar-refractivity contribution in [2.75, 3.05) is 12.8 Å². The van der Waals surface area contributed by atoms with Gasteiger partial charge in [0.15, 0.2) is 5.96 Å². The first-order chi connectivity index (χ1) is 10.6. The van der Waals surface area contributed by atoms with Crippen molar-refractivity contribution in [1.82, 2.24) is 15.2 Å². The number of halogens is 1. The fourth-order valence-corrected chi connectivity index (χ4v) is 4.34. The summed E-state index contributed by atoms with van der Waals surface area (Å²) in [4.78, 5) is 4.31. The van der Waals surface area contributed by atoms with E-state index in [1.54, 1.807) is 7.05 Å². The van der Waals surface area contributed by atoms with Crippen molar-refractivity contribution in [2.24, 2.45) is 12.0 Å². The molecule has 2 N–H and O–H groups in total. The lowest BCUT2D eigenvalue weighted by atomic mass is 9.95. The molecule has 2 rings (SSSR count). The predicted molar refractivity (Wildman–Crippen MR) is 109 cm³/mol. The van der Waals surface area contributed by atoms with Crippen LogP contribution in [0, 0.1) is 0 Å². The number of hydrogen-bond donors (Lipinski definition) is 2. The summed E-state index contributed by atoms with van der Waals surface area (Å²) in [5, 5.41) is 7.19. The highest BCUT2D eigenvalue weighted by molar-refractivity contribution is 14.0. The Hall–Kier alpha value is -0.570. The minimum absolute atomic E-state index is 0. The molecule has 0 spiro atoms. The van der Waals surface area contributed by atoms with Gasteiger partial charge in [-0.2, -0.15) is 0 Å². The maximum atomic E-state index is 12.0. The lowest BCUT2D eigenvalue weighted by Crippen LogP contribution is -2.46. The Labute approximate surface area is 159 Å². The van der Waals surface area contributed by atoms with Crippen molar-refractivity contribution in [3.8, 4) is 0 Å². The van der Waals surface area contributed by atoms with Crippen molar-refractivity contribution in [3.63, 3.8) is 0 Å². The Morgan fingerprint density at radius 1 is 1.48 bits per heavy atom. The van der Waals surface area contributed by atoms with Crippen LogP contribution in [0.4, 0.5) is 0 Å². The number of aliphatic imine (C=N–C) groups is 1. The highest BCUT2D eigenvalue weighted by Gasteiger charge is 2.25. The largest absolute Gasteiger partial charge is 0.354 e. The minimum atomic E-state index is -0.686. The topological polar surface area (TPSA) is 58.4 Å². The summed E-state index contributed by atoms with van der Waals surface area (Å²) >= 11 is 0. The van der Waals surface area contributed by atoms with Crippen LogP contribution >= 0.6 is 24.0 Å². The standard InChI is InChI=1S/C16H28N4OS.HI/c1-4-22(21)15-9-5-7-13(11-15)19-16(17-2)18-12-14-8-6-10-20(14)3;/h6,8,10,13,15H,4-5,7,9,11-12H2,1-3H3,(H2,17,18,19);1H. The van der Waals surface area contributed by atoms with Gasteiger partial charge in [0.2, 0.25) is 0 Å². The van der Waals surface area contributed by atoms with Crippen LogP contribution in [-0.2, 0) is 24.4 Å². The van der Waals surface area contributed by atoms with Crippen LogP contribution in [0.3, 0.4) is 0 Å². The third-order valence-corrected chi connectivity index (χ3v) is 6.08. The Morgan fingerprint density at radius 3 is 2.87 bits per heavy atom. The summed E-state index contributed by atoms with van der Waals surface area (Å²) in [5.74, 6) is 1.59. The summed E-state index contributed by atoms with van der Waals surface area (Å²) < 4.78 is 14.1. The van der Waals surface area contributed by atoms with Gasteiger partial charge in [-0.05, 0) is 31.4 Å². The third-order valence-electron chi connectivity index (χ3n) is 4.34. The van der Waals surface area contributed by atoms with Crippen LogP contribution in [-0.4, -0.2) is 38.8 Å². The number of hydrogen-bond acceptors (Lipinski definition) is 2. The molecule has 23 heavy (non-hydrogen) atoms. The molecule has 3 unspecified atom stereocenters. The smallest absolute Gasteiger partial charge is 0.191 e. The van der Waals surface area contributed by atoms with Gasteiger partial charge in [0.05, 0.1) is 6.54 Å². The van der Waals surface area contributed by atoms with E-state index >= 15 is 0 Å². The first-order valence-electron chi connectivity index (χ1n) is 8.08. The van der Waals surface area contributed by atoms with E-state index in [0.717, 1.165) is 43.9 Å². The van der Waals surface area contributed by atoms with Crippen molar-refractivity contribution >= 4 is 40.7 Å². The van der Waals surface area contributed by atoms with E-state index in [1.165, 1.54) is 5.69 Å². The molecule has 0 radical (unpaired) electrons.